The first-order valence-electron chi connectivity index (χ1n) is 9.17. The number of nitrogens with zero attached hydrogens (tertiary/aromatic N) is 2. The van der Waals surface area contributed by atoms with Crippen LogP contribution < -0.4 is 20.1 Å². The van der Waals surface area contributed by atoms with Gasteiger partial charge in [-0.2, -0.15) is 4.98 Å². The highest BCUT2D eigenvalue weighted by Gasteiger charge is 2.06. The van der Waals surface area contributed by atoms with E-state index in [9.17, 15) is 0 Å². The number of methoxy groups -OCH3 is 2. The average Bonchev–Trinajstić information content (AvgIpc) is 2.70. The Kier molecular flexibility index (Phi) is 6.32. The molecule has 0 aliphatic heterocycles. The van der Waals surface area contributed by atoms with Gasteiger partial charge in [0.15, 0.2) is 11.5 Å². The summed E-state index contributed by atoms with van der Waals surface area (Å²) in [6.07, 6.45) is 0. The zero-order chi connectivity index (χ0) is 19.9. The van der Waals surface area contributed by atoms with Crippen LogP contribution in [0.2, 0.25) is 0 Å². The number of aryl methyl sites for hydroxylation is 2. The average molecular weight is 378 g/mol. The third-order valence-electron chi connectivity index (χ3n) is 4.31. The van der Waals surface area contributed by atoms with Crippen LogP contribution in [-0.4, -0.2) is 24.2 Å². The van der Waals surface area contributed by atoms with E-state index in [2.05, 4.69) is 51.8 Å². The van der Waals surface area contributed by atoms with E-state index in [0.29, 0.717) is 30.5 Å². The molecule has 1 aromatic heterocycles. The number of rotatable bonds is 8. The van der Waals surface area contributed by atoms with Crippen LogP contribution in [0.25, 0.3) is 0 Å². The van der Waals surface area contributed by atoms with Crippen LogP contribution in [0.3, 0.4) is 0 Å². The molecule has 0 saturated heterocycles. The minimum atomic E-state index is 0.584. The zero-order valence-electron chi connectivity index (χ0n) is 16.7. The van der Waals surface area contributed by atoms with Crippen molar-refractivity contribution in [2.75, 3.05) is 24.9 Å². The fraction of sp³-hybridized carbons (Fsp3) is 0.273. The fourth-order valence-corrected chi connectivity index (χ4v) is 2.92. The largest absolute Gasteiger partial charge is 0.493 e. The zero-order valence-corrected chi connectivity index (χ0v) is 16.7. The van der Waals surface area contributed by atoms with Gasteiger partial charge in [0.05, 0.1) is 14.2 Å². The van der Waals surface area contributed by atoms with Gasteiger partial charge in [-0.15, -0.1) is 0 Å². The van der Waals surface area contributed by atoms with Gasteiger partial charge in [-0.05, 0) is 37.1 Å². The lowest BCUT2D eigenvalue weighted by molar-refractivity contribution is 0.354. The lowest BCUT2D eigenvalue weighted by atomic mass is 10.1. The van der Waals surface area contributed by atoms with E-state index < -0.39 is 0 Å². The molecule has 1 heterocycles. The van der Waals surface area contributed by atoms with E-state index >= 15 is 0 Å². The van der Waals surface area contributed by atoms with Gasteiger partial charge in [-0.1, -0.05) is 35.9 Å². The summed E-state index contributed by atoms with van der Waals surface area (Å²) in [6, 6.07) is 16.2. The van der Waals surface area contributed by atoms with Crippen LogP contribution >= 0.6 is 0 Å². The number of hydrogen-bond acceptors (Lipinski definition) is 6. The summed E-state index contributed by atoms with van der Waals surface area (Å²) in [5.41, 5.74) is 4.42. The lowest BCUT2D eigenvalue weighted by Crippen LogP contribution is -2.08. The van der Waals surface area contributed by atoms with Gasteiger partial charge in [0.1, 0.15) is 5.82 Å². The van der Waals surface area contributed by atoms with Gasteiger partial charge < -0.3 is 20.1 Å². The molecule has 0 saturated carbocycles. The first-order valence-corrected chi connectivity index (χ1v) is 9.17. The van der Waals surface area contributed by atoms with E-state index in [4.69, 9.17) is 9.47 Å². The standard InChI is InChI=1S/C22H26N4O2/c1-15-6-5-7-17(10-15)13-23-21-11-16(2)25-22(26-21)24-14-18-8-9-19(27-3)20(12-18)28-4/h5-12H,13-14H2,1-4H3,(H2,23,24,25,26). The van der Waals surface area contributed by atoms with Gasteiger partial charge in [-0.3, -0.25) is 0 Å². The Hall–Kier alpha value is -3.28. The second kappa shape index (κ2) is 9.08. The molecule has 3 rings (SSSR count). The van der Waals surface area contributed by atoms with Crippen LogP contribution in [0.15, 0.2) is 48.5 Å². The predicted octanol–water partition coefficient (Wildman–Crippen LogP) is 4.33. The second-order valence-electron chi connectivity index (χ2n) is 6.60. The summed E-state index contributed by atoms with van der Waals surface area (Å²) < 4.78 is 10.6. The maximum Gasteiger partial charge on any atom is 0.225 e. The number of anilines is 2. The Balaban J connectivity index is 1.66. The van der Waals surface area contributed by atoms with E-state index in [1.165, 1.54) is 11.1 Å². The highest BCUT2D eigenvalue weighted by molar-refractivity contribution is 5.46. The molecule has 0 spiro atoms. The molecule has 0 atom stereocenters. The third-order valence-corrected chi connectivity index (χ3v) is 4.31. The van der Waals surface area contributed by atoms with Gasteiger partial charge in [0.2, 0.25) is 5.95 Å². The molecule has 6 heteroatoms. The van der Waals surface area contributed by atoms with Gasteiger partial charge in [0.25, 0.3) is 0 Å². The van der Waals surface area contributed by atoms with Gasteiger partial charge >= 0.3 is 0 Å². The molecule has 28 heavy (non-hydrogen) atoms. The van der Waals surface area contributed by atoms with Crippen LogP contribution in [0.4, 0.5) is 11.8 Å². The Labute approximate surface area is 166 Å². The number of aromatic nitrogens is 2. The van der Waals surface area contributed by atoms with Crippen molar-refractivity contribution in [3.05, 3.63) is 70.9 Å². The smallest absolute Gasteiger partial charge is 0.225 e. The second-order valence-corrected chi connectivity index (χ2v) is 6.60. The molecule has 0 aliphatic carbocycles. The molecular weight excluding hydrogens is 352 g/mol. The van der Waals surface area contributed by atoms with Crippen molar-refractivity contribution in [3.8, 4) is 11.5 Å². The van der Waals surface area contributed by atoms with E-state index in [1.807, 2.05) is 31.2 Å². The molecule has 6 nitrogen and oxygen atoms in total. The molecule has 3 aromatic rings. The molecule has 0 fully saturated rings. The summed E-state index contributed by atoms with van der Waals surface area (Å²) in [4.78, 5) is 9.05. The Morgan fingerprint density at radius 2 is 1.54 bits per heavy atom. The first-order chi connectivity index (χ1) is 13.6. The lowest BCUT2D eigenvalue weighted by Gasteiger charge is -2.12. The van der Waals surface area contributed by atoms with Crippen molar-refractivity contribution in [1.82, 2.24) is 9.97 Å². The number of benzene rings is 2. The number of ether oxygens (including phenoxy) is 2. The normalized spacial score (nSPS) is 10.4. The van der Waals surface area contributed by atoms with Crippen LogP contribution in [0.5, 0.6) is 11.5 Å². The summed E-state index contributed by atoms with van der Waals surface area (Å²) in [6.45, 7) is 5.35. The van der Waals surface area contributed by atoms with Crippen molar-refractivity contribution >= 4 is 11.8 Å². The van der Waals surface area contributed by atoms with E-state index in [1.54, 1.807) is 14.2 Å². The molecule has 2 aromatic carbocycles. The molecule has 146 valence electrons. The molecule has 0 unspecified atom stereocenters. The van der Waals surface area contributed by atoms with Gasteiger partial charge in [0, 0.05) is 24.8 Å². The fourth-order valence-electron chi connectivity index (χ4n) is 2.92. The minimum Gasteiger partial charge on any atom is -0.493 e. The molecule has 0 radical (unpaired) electrons. The molecule has 0 bridgehead atoms. The number of nitrogens with one attached hydrogen (secondary N) is 2. The summed E-state index contributed by atoms with van der Waals surface area (Å²) in [5.74, 6) is 2.79. The van der Waals surface area contributed by atoms with Crippen molar-refractivity contribution in [1.29, 1.82) is 0 Å². The topological polar surface area (TPSA) is 68.3 Å². The van der Waals surface area contributed by atoms with Crippen molar-refractivity contribution < 1.29 is 9.47 Å². The van der Waals surface area contributed by atoms with Gasteiger partial charge in [-0.25, -0.2) is 4.98 Å². The maximum absolute atomic E-state index is 5.36. The van der Waals surface area contributed by atoms with E-state index in [-0.39, 0.29) is 0 Å². The molecule has 0 aliphatic rings. The third kappa shape index (κ3) is 5.13. The van der Waals surface area contributed by atoms with Crippen molar-refractivity contribution in [3.63, 3.8) is 0 Å². The highest BCUT2D eigenvalue weighted by atomic mass is 16.5. The summed E-state index contributed by atoms with van der Waals surface area (Å²) in [5, 5.41) is 6.65. The predicted molar refractivity (Wildman–Crippen MR) is 112 cm³/mol. The van der Waals surface area contributed by atoms with Crippen LogP contribution in [0, 0.1) is 13.8 Å². The van der Waals surface area contributed by atoms with Crippen molar-refractivity contribution in [2.24, 2.45) is 0 Å². The molecule has 2 N–H and O–H groups in total. The SMILES string of the molecule is COc1ccc(CNc2nc(C)cc(NCc3cccc(C)c3)n2)cc1OC. The van der Waals surface area contributed by atoms with E-state index in [0.717, 1.165) is 17.1 Å². The maximum atomic E-state index is 5.36. The number of hydrogen-bond donors (Lipinski definition) is 2. The quantitative estimate of drug-likeness (QED) is 0.608. The Bertz CT molecular complexity index is 944. The summed E-state index contributed by atoms with van der Waals surface area (Å²) >= 11 is 0. The molecular formula is C22H26N4O2. The first kappa shape index (κ1) is 19.5. The Morgan fingerprint density at radius 1 is 0.786 bits per heavy atom. The molecule has 0 amide bonds. The highest BCUT2D eigenvalue weighted by Crippen LogP contribution is 2.27. The summed E-state index contributed by atoms with van der Waals surface area (Å²) in [7, 11) is 3.26. The van der Waals surface area contributed by atoms with Crippen LogP contribution in [-0.2, 0) is 13.1 Å². The Morgan fingerprint density at radius 3 is 2.29 bits per heavy atom. The monoisotopic (exact) mass is 378 g/mol. The van der Waals surface area contributed by atoms with Crippen LogP contribution in [0.1, 0.15) is 22.4 Å². The van der Waals surface area contributed by atoms with Crippen molar-refractivity contribution in [2.45, 2.75) is 26.9 Å². The minimum absolute atomic E-state index is 0.584.